The van der Waals surface area contributed by atoms with E-state index in [1.54, 1.807) is 0 Å². The molecule has 0 aromatic carbocycles. The molecule has 0 aliphatic rings. The van der Waals surface area contributed by atoms with E-state index in [1.165, 1.54) is 6.92 Å². The standard InChI is InChI=1S/C7H10F3NO2/c1-3-13-6(12)5(11)4(2)7(8,9)10/h3,11H2,1-2H3/b5-4-. The molecule has 76 valence electrons. The van der Waals surface area contributed by atoms with Gasteiger partial charge < -0.3 is 10.5 Å². The van der Waals surface area contributed by atoms with Crippen molar-refractivity contribution < 1.29 is 22.7 Å². The molecule has 0 saturated heterocycles. The van der Waals surface area contributed by atoms with Crippen LogP contribution in [0.5, 0.6) is 0 Å². The van der Waals surface area contributed by atoms with Crippen LogP contribution < -0.4 is 5.73 Å². The Hall–Kier alpha value is -1.20. The molecular weight excluding hydrogens is 187 g/mol. The van der Waals surface area contributed by atoms with Gasteiger partial charge in [0.15, 0.2) is 0 Å². The highest BCUT2D eigenvalue weighted by Gasteiger charge is 2.34. The second-order valence-electron chi connectivity index (χ2n) is 2.26. The lowest BCUT2D eigenvalue weighted by Crippen LogP contribution is -2.22. The van der Waals surface area contributed by atoms with Crippen molar-refractivity contribution in [3.8, 4) is 0 Å². The fourth-order valence-electron chi connectivity index (χ4n) is 0.515. The van der Waals surface area contributed by atoms with Crippen LogP contribution in [0.2, 0.25) is 0 Å². The highest BCUT2D eigenvalue weighted by molar-refractivity contribution is 5.88. The highest BCUT2D eigenvalue weighted by Crippen LogP contribution is 2.26. The predicted molar refractivity (Wildman–Crippen MR) is 39.6 cm³/mol. The van der Waals surface area contributed by atoms with Crippen molar-refractivity contribution in [3.63, 3.8) is 0 Å². The number of halogens is 3. The molecule has 13 heavy (non-hydrogen) atoms. The molecule has 0 bridgehead atoms. The van der Waals surface area contributed by atoms with E-state index in [1.807, 2.05) is 0 Å². The molecule has 0 amide bonds. The molecule has 2 N–H and O–H groups in total. The van der Waals surface area contributed by atoms with Gasteiger partial charge in [0.1, 0.15) is 5.70 Å². The van der Waals surface area contributed by atoms with Gasteiger partial charge in [-0.1, -0.05) is 0 Å². The maximum absolute atomic E-state index is 12.0. The third kappa shape index (κ3) is 3.35. The summed E-state index contributed by atoms with van der Waals surface area (Å²) in [5.74, 6) is -1.14. The van der Waals surface area contributed by atoms with Crippen molar-refractivity contribution in [1.29, 1.82) is 0 Å². The minimum absolute atomic E-state index is 0.00926. The number of hydrogen-bond acceptors (Lipinski definition) is 3. The van der Waals surface area contributed by atoms with Crippen LogP contribution in [-0.2, 0) is 9.53 Å². The summed E-state index contributed by atoms with van der Waals surface area (Å²) >= 11 is 0. The summed E-state index contributed by atoms with van der Waals surface area (Å²) in [5, 5.41) is 0. The molecule has 0 radical (unpaired) electrons. The molecule has 0 spiro atoms. The van der Waals surface area contributed by atoms with Crippen LogP contribution in [-0.4, -0.2) is 18.8 Å². The van der Waals surface area contributed by atoms with Crippen molar-refractivity contribution >= 4 is 5.97 Å². The fraction of sp³-hybridized carbons (Fsp3) is 0.571. The van der Waals surface area contributed by atoms with Crippen molar-refractivity contribution in [2.24, 2.45) is 5.73 Å². The Labute approximate surface area is 73.4 Å². The maximum Gasteiger partial charge on any atom is 0.414 e. The smallest absolute Gasteiger partial charge is 0.414 e. The van der Waals surface area contributed by atoms with Gasteiger partial charge in [-0.2, -0.15) is 13.2 Å². The van der Waals surface area contributed by atoms with Crippen LogP contribution >= 0.6 is 0 Å². The summed E-state index contributed by atoms with van der Waals surface area (Å²) in [6.07, 6.45) is -4.59. The average molecular weight is 197 g/mol. The van der Waals surface area contributed by atoms with Crippen molar-refractivity contribution in [2.45, 2.75) is 20.0 Å². The number of carbonyl (C=O) groups excluding carboxylic acids is 1. The Balaban J connectivity index is 4.72. The largest absolute Gasteiger partial charge is 0.461 e. The van der Waals surface area contributed by atoms with E-state index in [0.717, 1.165) is 6.92 Å². The molecule has 0 aliphatic carbocycles. The summed E-state index contributed by atoms with van der Waals surface area (Å²) in [6.45, 7) is 2.20. The van der Waals surface area contributed by atoms with Crippen LogP contribution in [0.15, 0.2) is 11.3 Å². The van der Waals surface area contributed by atoms with Gasteiger partial charge in [0.05, 0.1) is 12.2 Å². The number of hydrogen-bond donors (Lipinski definition) is 1. The lowest BCUT2D eigenvalue weighted by Gasteiger charge is -2.09. The van der Waals surface area contributed by atoms with Gasteiger partial charge in [-0.25, -0.2) is 4.79 Å². The Morgan fingerprint density at radius 3 is 2.23 bits per heavy atom. The zero-order chi connectivity index (χ0) is 10.6. The summed E-state index contributed by atoms with van der Waals surface area (Å²) in [6, 6.07) is 0. The van der Waals surface area contributed by atoms with E-state index < -0.39 is 23.4 Å². The van der Waals surface area contributed by atoms with Crippen molar-refractivity contribution in [2.75, 3.05) is 6.61 Å². The molecule has 0 aliphatic heterocycles. The summed E-state index contributed by atoms with van der Waals surface area (Å²) in [4.78, 5) is 10.7. The zero-order valence-electron chi connectivity index (χ0n) is 7.23. The predicted octanol–water partition coefficient (Wildman–Crippen LogP) is 1.34. The van der Waals surface area contributed by atoms with Crippen molar-refractivity contribution in [1.82, 2.24) is 0 Å². The number of rotatable bonds is 2. The molecule has 0 fully saturated rings. The van der Waals surface area contributed by atoms with Gasteiger partial charge in [-0.15, -0.1) is 0 Å². The Kier molecular flexibility index (Phi) is 3.77. The van der Waals surface area contributed by atoms with Crippen LogP contribution in [0.25, 0.3) is 0 Å². The van der Waals surface area contributed by atoms with Gasteiger partial charge in [0.2, 0.25) is 0 Å². The number of esters is 1. The van der Waals surface area contributed by atoms with E-state index in [4.69, 9.17) is 5.73 Å². The van der Waals surface area contributed by atoms with Crippen LogP contribution in [0, 0.1) is 0 Å². The van der Waals surface area contributed by atoms with E-state index in [0.29, 0.717) is 0 Å². The Morgan fingerprint density at radius 2 is 1.92 bits per heavy atom. The van der Waals surface area contributed by atoms with Crippen molar-refractivity contribution in [3.05, 3.63) is 11.3 Å². The summed E-state index contributed by atoms with van der Waals surface area (Å²) in [7, 11) is 0. The lowest BCUT2D eigenvalue weighted by molar-refractivity contribution is -0.139. The van der Waals surface area contributed by atoms with E-state index in [9.17, 15) is 18.0 Å². The summed E-state index contributed by atoms with van der Waals surface area (Å²) < 4.78 is 40.2. The molecular formula is C7H10F3NO2. The number of allylic oxidation sites excluding steroid dienone is 1. The molecule has 0 rings (SSSR count). The first-order valence-electron chi connectivity index (χ1n) is 3.51. The Bertz CT molecular complexity index is 232. The average Bonchev–Trinajstić information content (AvgIpc) is 2.00. The SMILES string of the molecule is CCOC(=O)/C(N)=C(\C)C(F)(F)F. The normalized spacial score (nSPS) is 13.6. The Morgan fingerprint density at radius 1 is 1.46 bits per heavy atom. The van der Waals surface area contributed by atoms with E-state index in [2.05, 4.69) is 4.74 Å². The molecule has 6 heteroatoms. The molecule has 0 aromatic heterocycles. The van der Waals surface area contributed by atoms with Gasteiger partial charge in [-0.05, 0) is 13.8 Å². The third-order valence-corrected chi connectivity index (χ3v) is 1.32. The van der Waals surface area contributed by atoms with E-state index in [-0.39, 0.29) is 6.61 Å². The number of ether oxygens (including phenoxy) is 1. The number of carbonyl (C=O) groups is 1. The van der Waals surface area contributed by atoms with Gasteiger partial charge >= 0.3 is 12.1 Å². The molecule has 0 aromatic rings. The monoisotopic (exact) mass is 197 g/mol. The molecule has 0 atom stereocenters. The zero-order valence-corrected chi connectivity index (χ0v) is 7.23. The maximum atomic E-state index is 12.0. The first kappa shape index (κ1) is 11.8. The minimum atomic E-state index is -4.59. The number of alkyl halides is 3. The summed E-state index contributed by atoms with van der Waals surface area (Å²) in [5.41, 5.74) is 2.89. The topological polar surface area (TPSA) is 52.3 Å². The van der Waals surface area contributed by atoms with Gasteiger partial charge in [0.25, 0.3) is 0 Å². The third-order valence-electron chi connectivity index (χ3n) is 1.32. The van der Waals surface area contributed by atoms with Crippen LogP contribution in [0.1, 0.15) is 13.8 Å². The minimum Gasteiger partial charge on any atom is -0.461 e. The highest BCUT2D eigenvalue weighted by atomic mass is 19.4. The van der Waals surface area contributed by atoms with Crippen LogP contribution in [0.4, 0.5) is 13.2 Å². The van der Waals surface area contributed by atoms with Gasteiger partial charge in [0, 0.05) is 0 Å². The molecule has 0 unspecified atom stereocenters. The fourth-order valence-corrected chi connectivity index (χ4v) is 0.515. The number of nitrogens with two attached hydrogens (primary N) is 1. The molecule has 0 saturated carbocycles. The van der Waals surface area contributed by atoms with E-state index >= 15 is 0 Å². The molecule has 3 nitrogen and oxygen atoms in total. The quantitative estimate of drug-likeness (QED) is 0.537. The first-order valence-corrected chi connectivity index (χ1v) is 3.51. The second kappa shape index (κ2) is 4.15. The lowest BCUT2D eigenvalue weighted by atomic mass is 10.2. The van der Waals surface area contributed by atoms with Crippen LogP contribution in [0.3, 0.4) is 0 Å². The second-order valence-corrected chi connectivity index (χ2v) is 2.26. The van der Waals surface area contributed by atoms with Gasteiger partial charge in [-0.3, -0.25) is 0 Å². The first-order chi connectivity index (χ1) is 5.80. The molecule has 0 heterocycles.